The first kappa shape index (κ1) is 19.3. The number of nitriles is 1. The van der Waals surface area contributed by atoms with E-state index in [0.29, 0.717) is 11.3 Å². The molecule has 2 aromatic carbocycles. The standard InChI is InChI=1S/C19H16FN3O.CH4O/c1-13-3-7-16(8-4-13)23-19(10-17(12-24)22(23)2)14-5-6-15(11-21)18(20)9-14;1-2/h3-10,12,17H,1-2H3;2H,1H3. The van der Waals surface area contributed by atoms with E-state index in [2.05, 4.69) is 0 Å². The van der Waals surface area contributed by atoms with Gasteiger partial charge in [-0.3, -0.25) is 5.01 Å². The second kappa shape index (κ2) is 8.39. The minimum absolute atomic E-state index is 0.000440. The van der Waals surface area contributed by atoms with Gasteiger partial charge in [0.2, 0.25) is 0 Å². The first-order valence-electron chi connectivity index (χ1n) is 7.96. The molecular formula is C20H20FN3O2. The third-order valence-corrected chi connectivity index (χ3v) is 4.11. The van der Waals surface area contributed by atoms with Crippen molar-refractivity contribution in [3.8, 4) is 6.07 Å². The maximum Gasteiger partial charge on any atom is 0.142 e. The predicted octanol–water partition coefficient (Wildman–Crippen LogP) is 2.89. The zero-order valence-electron chi connectivity index (χ0n) is 14.8. The minimum atomic E-state index is -0.572. The van der Waals surface area contributed by atoms with Crippen molar-refractivity contribution in [1.29, 1.82) is 5.26 Å². The molecule has 1 unspecified atom stereocenters. The Balaban J connectivity index is 0.00000117. The highest BCUT2D eigenvalue weighted by Crippen LogP contribution is 2.34. The fraction of sp³-hybridized carbons (Fsp3) is 0.200. The van der Waals surface area contributed by atoms with Crippen LogP contribution in [0.2, 0.25) is 0 Å². The average Bonchev–Trinajstić information content (AvgIpc) is 3.00. The second-order valence-electron chi connectivity index (χ2n) is 5.71. The third kappa shape index (κ3) is 3.64. The molecule has 1 N–H and O–H groups in total. The van der Waals surface area contributed by atoms with Crippen molar-refractivity contribution in [3.05, 3.63) is 71.0 Å². The molecule has 1 aliphatic rings. The van der Waals surface area contributed by atoms with E-state index >= 15 is 0 Å². The average molecular weight is 353 g/mol. The van der Waals surface area contributed by atoms with Gasteiger partial charge in [0.1, 0.15) is 24.2 Å². The van der Waals surface area contributed by atoms with Crippen LogP contribution < -0.4 is 5.01 Å². The molecule has 0 saturated heterocycles. The SMILES string of the molecule is CO.Cc1ccc(N2C(c3ccc(C#N)c(F)c3)=CC(C=O)N2C)cc1. The zero-order valence-corrected chi connectivity index (χ0v) is 14.8. The van der Waals surface area contributed by atoms with Gasteiger partial charge in [-0.1, -0.05) is 23.8 Å². The van der Waals surface area contributed by atoms with Gasteiger partial charge in [0.05, 0.1) is 16.9 Å². The van der Waals surface area contributed by atoms with E-state index in [1.54, 1.807) is 17.2 Å². The van der Waals surface area contributed by atoms with Crippen molar-refractivity contribution in [1.82, 2.24) is 5.01 Å². The molecule has 6 heteroatoms. The molecule has 0 radical (unpaired) electrons. The molecule has 0 amide bonds. The normalized spacial score (nSPS) is 16.4. The fourth-order valence-corrected chi connectivity index (χ4v) is 2.76. The number of benzene rings is 2. The van der Waals surface area contributed by atoms with Gasteiger partial charge in [-0.05, 0) is 37.3 Å². The van der Waals surface area contributed by atoms with Crippen LogP contribution in [-0.2, 0) is 4.79 Å². The first-order valence-corrected chi connectivity index (χ1v) is 7.96. The third-order valence-electron chi connectivity index (χ3n) is 4.11. The predicted molar refractivity (Wildman–Crippen MR) is 98.5 cm³/mol. The Labute approximate surface area is 152 Å². The number of aliphatic hydroxyl groups excluding tert-OH is 1. The Morgan fingerprint density at radius 1 is 1.19 bits per heavy atom. The van der Waals surface area contributed by atoms with Crippen LogP contribution in [0.25, 0.3) is 5.70 Å². The van der Waals surface area contributed by atoms with Crippen molar-refractivity contribution in [2.24, 2.45) is 0 Å². The summed E-state index contributed by atoms with van der Waals surface area (Å²) in [7, 11) is 2.81. The molecule has 134 valence electrons. The van der Waals surface area contributed by atoms with Crippen LogP contribution in [0, 0.1) is 24.1 Å². The lowest BCUT2D eigenvalue weighted by atomic mass is 10.1. The topological polar surface area (TPSA) is 67.6 Å². The van der Waals surface area contributed by atoms with Gasteiger partial charge in [-0.25, -0.2) is 9.40 Å². The van der Waals surface area contributed by atoms with Gasteiger partial charge in [0, 0.05) is 19.7 Å². The van der Waals surface area contributed by atoms with Crippen LogP contribution in [0.4, 0.5) is 10.1 Å². The molecule has 0 saturated carbocycles. The van der Waals surface area contributed by atoms with E-state index in [4.69, 9.17) is 10.4 Å². The molecular weight excluding hydrogens is 333 g/mol. The monoisotopic (exact) mass is 353 g/mol. The van der Waals surface area contributed by atoms with E-state index in [9.17, 15) is 9.18 Å². The maximum atomic E-state index is 14.0. The van der Waals surface area contributed by atoms with Crippen LogP contribution in [0.1, 0.15) is 16.7 Å². The molecule has 2 aromatic rings. The molecule has 0 aliphatic carbocycles. The van der Waals surface area contributed by atoms with Crippen LogP contribution in [0.5, 0.6) is 0 Å². The number of nitrogens with zero attached hydrogens (tertiary/aromatic N) is 3. The second-order valence-corrected chi connectivity index (χ2v) is 5.71. The number of anilines is 1. The summed E-state index contributed by atoms with van der Waals surface area (Å²) >= 11 is 0. The molecule has 1 heterocycles. The summed E-state index contributed by atoms with van der Waals surface area (Å²) in [6.45, 7) is 2.00. The van der Waals surface area contributed by atoms with E-state index in [1.807, 2.05) is 49.3 Å². The summed E-state index contributed by atoms with van der Waals surface area (Å²) in [6.07, 6.45) is 2.63. The van der Waals surface area contributed by atoms with Gasteiger partial charge in [-0.2, -0.15) is 5.26 Å². The number of hydrogen-bond acceptors (Lipinski definition) is 5. The summed E-state index contributed by atoms with van der Waals surface area (Å²) in [5.41, 5.74) is 3.33. The molecule has 0 bridgehead atoms. The number of rotatable bonds is 3. The van der Waals surface area contributed by atoms with Gasteiger partial charge >= 0.3 is 0 Å². The Morgan fingerprint density at radius 2 is 1.85 bits per heavy atom. The van der Waals surface area contributed by atoms with E-state index in [-0.39, 0.29) is 5.56 Å². The van der Waals surface area contributed by atoms with Crippen LogP contribution in [0.15, 0.2) is 48.5 Å². The quantitative estimate of drug-likeness (QED) is 0.860. The number of carbonyl (C=O) groups excluding carboxylic acids is 1. The zero-order chi connectivity index (χ0) is 19.3. The summed E-state index contributed by atoms with van der Waals surface area (Å²) in [5, 5.41) is 19.6. The Kier molecular flexibility index (Phi) is 6.23. The van der Waals surface area contributed by atoms with Crippen molar-refractivity contribution in [2.75, 3.05) is 19.2 Å². The van der Waals surface area contributed by atoms with Crippen LogP contribution in [-0.4, -0.2) is 36.6 Å². The molecule has 5 nitrogen and oxygen atoms in total. The van der Waals surface area contributed by atoms with Gasteiger partial charge in [-0.15, -0.1) is 0 Å². The smallest absolute Gasteiger partial charge is 0.142 e. The van der Waals surface area contributed by atoms with Crippen molar-refractivity contribution in [3.63, 3.8) is 0 Å². The molecule has 1 aliphatic heterocycles. The van der Waals surface area contributed by atoms with Gasteiger partial charge < -0.3 is 9.90 Å². The highest BCUT2D eigenvalue weighted by molar-refractivity contribution is 5.85. The number of hydrogen-bond donors (Lipinski definition) is 1. The summed E-state index contributed by atoms with van der Waals surface area (Å²) < 4.78 is 14.0. The lowest BCUT2D eigenvalue weighted by Gasteiger charge is -2.31. The lowest BCUT2D eigenvalue weighted by molar-refractivity contribution is -0.110. The Bertz CT molecular complexity index is 856. The first-order chi connectivity index (χ1) is 12.5. The summed E-state index contributed by atoms with van der Waals surface area (Å²) in [5.74, 6) is -0.572. The van der Waals surface area contributed by atoms with Gasteiger partial charge in [0.15, 0.2) is 0 Å². The van der Waals surface area contributed by atoms with Gasteiger partial charge in [0.25, 0.3) is 0 Å². The fourth-order valence-electron chi connectivity index (χ4n) is 2.76. The summed E-state index contributed by atoms with van der Waals surface area (Å²) in [6, 6.07) is 13.7. The van der Waals surface area contributed by atoms with E-state index < -0.39 is 11.9 Å². The number of carbonyl (C=O) groups is 1. The number of aliphatic hydroxyl groups is 1. The Morgan fingerprint density at radius 3 is 2.38 bits per heavy atom. The van der Waals surface area contributed by atoms with Crippen molar-refractivity contribution in [2.45, 2.75) is 13.0 Å². The summed E-state index contributed by atoms with van der Waals surface area (Å²) in [4.78, 5) is 11.4. The van der Waals surface area contributed by atoms with E-state index in [0.717, 1.165) is 24.6 Å². The van der Waals surface area contributed by atoms with Crippen LogP contribution in [0.3, 0.4) is 0 Å². The highest BCUT2D eigenvalue weighted by atomic mass is 19.1. The largest absolute Gasteiger partial charge is 0.400 e. The number of aldehydes is 1. The Hall–Kier alpha value is -3.01. The molecule has 0 fully saturated rings. The number of likely N-dealkylation sites (N-methyl/N-ethyl adjacent to an activating group) is 1. The molecule has 0 spiro atoms. The molecule has 1 atom stereocenters. The van der Waals surface area contributed by atoms with E-state index in [1.165, 1.54) is 12.1 Å². The molecule has 0 aromatic heterocycles. The van der Waals surface area contributed by atoms with Crippen molar-refractivity contribution >= 4 is 17.7 Å². The lowest BCUT2D eigenvalue weighted by Crippen LogP contribution is -2.39. The number of halogens is 1. The number of aryl methyl sites for hydroxylation is 1. The minimum Gasteiger partial charge on any atom is -0.400 e. The van der Waals surface area contributed by atoms with Crippen molar-refractivity contribution < 1.29 is 14.3 Å². The maximum absolute atomic E-state index is 14.0. The highest BCUT2D eigenvalue weighted by Gasteiger charge is 2.31. The number of hydrazine groups is 1. The molecule has 26 heavy (non-hydrogen) atoms. The molecule has 3 rings (SSSR count). The van der Waals surface area contributed by atoms with Crippen LogP contribution >= 0.6 is 0 Å².